The molecule has 0 aromatic heterocycles. The Kier molecular flexibility index (Phi) is 4.55. The van der Waals surface area contributed by atoms with E-state index >= 15 is 0 Å². The first kappa shape index (κ1) is 14.0. The number of benzene rings is 1. The molecular formula is C13H16BrN3O2. The lowest BCUT2D eigenvalue weighted by Gasteiger charge is -2.23. The van der Waals surface area contributed by atoms with Gasteiger partial charge in [0.2, 0.25) is 11.8 Å². The van der Waals surface area contributed by atoms with E-state index in [1.54, 1.807) is 0 Å². The number of amides is 2. The fourth-order valence-corrected chi connectivity index (χ4v) is 2.36. The number of carbonyl (C=O) groups excluding carboxylic acids is 2. The zero-order valence-electron chi connectivity index (χ0n) is 10.6. The smallest absolute Gasteiger partial charge is 0.243 e. The van der Waals surface area contributed by atoms with E-state index in [0.29, 0.717) is 6.54 Å². The zero-order valence-corrected chi connectivity index (χ0v) is 12.2. The molecule has 3 N–H and O–H groups in total. The quantitative estimate of drug-likeness (QED) is 0.777. The number of halogens is 1. The first-order valence-corrected chi connectivity index (χ1v) is 6.99. The Balaban J connectivity index is 2.04. The van der Waals surface area contributed by atoms with Crippen LogP contribution in [-0.2, 0) is 16.0 Å². The van der Waals surface area contributed by atoms with Crippen LogP contribution in [0.15, 0.2) is 22.7 Å². The maximum Gasteiger partial charge on any atom is 0.243 e. The van der Waals surface area contributed by atoms with Crippen molar-refractivity contribution in [2.45, 2.75) is 19.4 Å². The number of piperazine rings is 1. The van der Waals surface area contributed by atoms with Gasteiger partial charge in [-0.05, 0) is 30.2 Å². The van der Waals surface area contributed by atoms with E-state index in [1.807, 2.05) is 25.1 Å². The van der Waals surface area contributed by atoms with Gasteiger partial charge in [0.05, 0.1) is 6.54 Å². The average molecular weight is 326 g/mol. The van der Waals surface area contributed by atoms with Crippen molar-refractivity contribution in [3.05, 3.63) is 28.2 Å². The summed E-state index contributed by atoms with van der Waals surface area (Å²) < 4.78 is 0.991. The normalized spacial score (nSPS) is 18.8. The molecule has 1 unspecified atom stereocenters. The molecule has 1 aliphatic rings. The van der Waals surface area contributed by atoms with Crippen LogP contribution < -0.4 is 16.0 Å². The molecule has 2 rings (SSSR count). The van der Waals surface area contributed by atoms with Crippen LogP contribution in [-0.4, -0.2) is 30.9 Å². The van der Waals surface area contributed by atoms with Crippen LogP contribution in [0.2, 0.25) is 0 Å². The van der Waals surface area contributed by atoms with Crippen LogP contribution >= 0.6 is 15.9 Å². The minimum Gasteiger partial charge on any atom is -0.353 e. The Labute approximate surface area is 120 Å². The first-order valence-electron chi connectivity index (χ1n) is 6.19. The van der Waals surface area contributed by atoms with E-state index < -0.39 is 0 Å². The fourth-order valence-electron chi connectivity index (χ4n) is 1.95. The highest BCUT2D eigenvalue weighted by Crippen LogP contribution is 2.21. The van der Waals surface area contributed by atoms with Crippen LogP contribution in [0.1, 0.15) is 12.5 Å². The van der Waals surface area contributed by atoms with E-state index in [2.05, 4.69) is 31.9 Å². The molecule has 0 aliphatic carbocycles. The molecule has 5 nitrogen and oxygen atoms in total. The lowest BCUT2D eigenvalue weighted by Crippen LogP contribution is -2.56. The lowest BCUT2D eigenvalue weighted by molar-refractivity contribution is -0.124. The van der Waals surface area contributed by atoms with Crippen molar-refractivity contribution in [1.29, 1.82) is 0 Å². The third-order valence-corrected chi connectivity index (χ3v) is 3.53. The van der Waals surface area contributed by atoms with Crippen LogP contribution in [0, 0.1) is 0 Å². The molecule has 1 heterocycles. The van der Waals surface area contributed by atoms with Crippen molar-refractivity contribution in [1.82, 2.24) is 10.6 Å². The van der Waals surface area contributed by atoms with Crippen molar-refractivity contribution in [3.8, 4) is 0 Å². The Bertz CT molecular complexity index is 495. The number of anilines is 1. The van der Waals surface area contributed by atoms with Gasteiger partial charge in [-0.3, -0.25) is 14.9 Å². The van der Waals surface area contributed by atoms with Gasteiger partial charge in [0.1, 0.15) is 6.04 Å². The van der Waals surface area contributed by atoms with Crippen molar-refractivity contribution in [3.63, 3.8) is 0 Å². The summed E-state index contributed by atoms with van der Waals surface area (Å²) in [5, 5.41) is 8.47. The molecule has 0 bridgehead atoms. The van der Waals surface area contributed by atoms with Crippen molar-refractivity contribution in [2.75, 3.05) is 18.4 Å². The second kappa shape index (κ2) is 6.16. The lowest BCUT2D eigenvalue weighted by atomic mass is 10.1. The molecule has 0 spiro atoms. The SMILES string of the molecule is CCc1cc(Br)ccc1NC(=O)C1CNC(=O)CN1. The molecule has 1 fully saturated rings. The Morgan fingerprint density at radius 3 is 2.95 bits per heavy atom. The summed E-state index contributed by atoms with van der Waals surface area (Å²) in [6.45, 7) is 2.54. The first-order chi connectivity index (χ1) is 9.10. The molecule has 1 atom stereocenters. The van der Waals surface area contributed by atoms with Gasteiger partial charge in [-0.25, -0.2) is 0 Å². The van der Waals surface area contributed by atoms with Crippen molar-refractivity contribution in [2.24, 2.45) is 0 Å². The summed E-state index contributed by atoms with van der Waals surface area (Å²) in [5.74, 6) is -0.209. The third kappa shape index (κ3) is 3.54. The summed E-state index contributed by atoms with van der Waals surface area (Å²) in [6, 6.07) is 5.38. The van der Waals surface area contributed by atoms with Gasteiger partial charge in [0.25, 0.3) is 0 Å². The molecule has 6 heteroatoms. The van der Waals surface area contributed by atoms with Gasteiger partial charge in [0.15, 0.2) is 0 Å². The molecular weight excluding hydrogens is 310 g/mol. The Hall–Kier alpha value is -1.40. The number of aryl methyl sites for hydroxylation is 1. The molecule has 2 amide bonds. The number of carbonyl (C=O) groups is 2. The minimum absolute atomic E-state index is 0.0815. The van der Waals surface area contributed by atoms with Gasteiger partial charge >= 0.3 is 0 Å². The molecule has 0 saturated carbocycles. The summed E-state index contributed by atoms with van der Waals surface area (Å²) in [4.78, 5) is 23.1. The highest BCUT2D eigenvalue weighted by molar-refractivity contribution is 9.10. The summed E-state index contributed by atoms with van der Waals surface area (Å²) in [6.07, 6.45) is 0.837. The molecule has 1 aromatic carbocycles. The highest BCUT2D eigenvalue weighted by Gasteiger charge is 2.24. The number of hydrogen-bond donors (Lipinski definition) is 3. The van der Waals surface area contributed by atoms with Crippen molar-refractivity contribution < 1.29 is 9.59 Å². The molecule has 102 valence electrons. The van der Waals surface area contributed by atoms with Crippen LogP contribution in [0.4, 0.5) is 5.69 Å². The van der Waals surface area contributed by atoms with Crippen LogP contribution in [0.5, 0.6) is 0 Å². The van der Waals surface area contributed by atoms with Gasteiger partial charge in [0, 0.05) is 16.7 Å². The van der Waals surface area contributed by atoms with Crippen molar-refractivity contribution >= 4 is 33.4 Å². The Morgan fingerprint density at radius 1 is 1.53 bits per heavy atom. The number of hydrogen-bond acceptors (Lipinski definition) is 3. The highest BCUT2D eigenvalue weighted by atomic mass is 79.9. The van der Waals surface area contributed by atoms with Crippen LogP contribution in [0.3, 0.4) is 0 Å². The number of nitrogens with one attached hydrogen (secondary N) is 3. The maximum absolute atomic E-state index is 12.1. The molecule has 0 radical (unpaired) electrons. The molecule has 1 saturated heterocycles. The average Bonchev–Trinajstić information content (AvgIpc) is 2.41. The zero-order chi connectivity index (χ0) is 13.8. The van der Waals surface area contributed by atoms with E-state index in [9.17, 15) is 9.59 Å². The minimum atomic E-state index is -0.383. The standard InChI is InChI=1S/C13H16BrN3O2/c1-2-8-5-9(14)3-4-10(8)17-13(19)11-6-16-12(18)7-15-11/h3-5,11,15H,2,6-7H2,1H3,(H,16,18)(H,17,19). The topological polar surface area (TPSA) is 70.2 Å². The van der Waals surface area contributed by atoms with E-state index in [4.69, 9.17) is 0 Å². The maximum atomic E-state index is 12.1. The Morgan fingerprint density at radius 2 is 2.32 bits per heavy atom. The third-order valence-electron chi connectivity index (χ3n) is 3.03. The molecule has 1 aliphatic heterocycles. The van der Waals surface area contributed by atoms with Crippen LogP contribution in [0.25, 0.3) is 0 Å². The second-order valence-corrected chi connectivity index (χ2v) is 5.30. The fraction of sp³-hybridized carbons (Fsp3) is 0.385. The summed E-state index contributed by atoms with van der Waals surface area (Å²) >= 11 is 3.41. The predicted octanol–water partition coefficient (Wildman–Crippen LogP) is 1.04. The largest absolute Gasteiger partial charge is 0.353 e. The summed E-state index contributed by atoms with van der Waals surface area (Å²) in [7, 11) is 0. The monoisotopic (exact) mass is 325 g/mol. The van der Waals surface area contributed by atoms with Gasteiger partial charge in [-0.1, -0.05) is 22.9 Å². The van der Waals surface area contributed by atoms with E-state index in [-0.39, 0.29) is 24.4 Å². The summed E-state index contributed by atoms with van der Waals surface area (Å²) in [5.41, 5.74) is 1.89. The van der Waals surface area contributed by atoms with Gasteiger partial charge < -0.3 is 10.6 Å². The van der Waals surface area contributed by atoms with E-state index in [0.717, 1.165) is 22.1 Å². The predicted molar refractivity (Wildman–Crippen MR) is 77.0 cm³/mol. The van der Waals surface area contributed by atoms with Gasteiger partial charge in [-0.15, -0.1) is 0 Å². The second-order valence-electron chi connectivity index (χ2n) is 4.38. The molecule has 1 aromatic rings. The molecule has 19 heavy (non-hydrogen) atoms. The van der Waals surface area contributed by atoms with Gasteiger partial charge in [-0.2, -0.15) is 0 Å². The van der Waals surface area contributed by atoms with E-state index in [1.165, 1.54) is 0 Å². The number of rotatable bonds is 3.